The van der Waals surface area contributed by atoms with Crippen LogP contribution in [0, 0.1) is 0 Å². The molecule has 0 saturated heterocycles. The molecule has 4 N–H and O–H groups in total. The predicted octanol–water partition coefficient (Wildman–Crippen LogP) is 0.459. The molecule has 7 nitrogen and oxygen atoms in total. The first-order chi connectivity index (χ1) is 9.58. The number of thiophene rings is 1. The van der Waals surface area contributed by atoms with Gasteiger partial charge in [0.1, 0.15) is 0 Å². The first-order valence-corrected chi connectivity index (χ1v) is 7.61. The summed E-state index contributed by atoms with van der Waals surface area (Å²) in [7, 11) is 0. The van der Waals surface area contributed by atoms with Gasteiger partial charge in [0, 0.05) is 13.0 Å². The number of thioether (sulfide) groups is 1. The van der Waals surface area contributed by atoms with Crippen LogP contribution in [0.4, 0.5) is 0 Å². The molecule has 2 aromatic rings. The Balaban J connectivity index is 2.27. The van der Waals surface area contributed by atoms with Crippen LogP contribution in [-0.4, -0.2) is 32.3 Å². The Hall–Kier alpha value is -1.87. The Labute approximate surface area is 123 Å². The fourth-order valence-electron chi connectivity index (χ4n) is 1.54. The molecule has 106 valence electrons. The minimum atomic E-state index is -0.433. The molecule has 0 spiro atoms. The van der Waals surface area contributed by atoms with Gasteiger partial charge in [-0.25, -0.2) is 0 Å². The van der Waals surface area contributed by atoms with Crippen molar-refractivity contribution in [3.8, 4) is 10.7 Å². The zero-order chi connectivity index (χ0) is 14.5. The molecular weight excluding hydrogens is 298 g/mol. The van der Waals surface area contributed by atoms with Crippen LogP contribution in [0.3, 0.4) is 0 Å². The smallest absolute Gasteiger partial charge is 0.227 e. The number of amides is 2. The maximum absolute atomic E-state index is 11.0. The molecule has 0 aliphatic heterocycles. The normalized spacial score (nSPS) is 10.6. The molecule has 0 bridgehead atoms. The maximum atomic E-state index is 11.0. The summed E-state index contributed by atoms with van der Waals surface area (Å²) < 4.78 is 1.78. The van der Waals surface area contributed by atoms with E-state index in [0.29, 0.717) is 17.5 Å². The number of primary amides is 2. The molecule has 2 amide bonds. The van der Waals surface area contributed by atoms with Crippen molar-refractivity contribution in [1.82, 2.24) is 14.8 Å². The lowest BCUT2D eigenvalue weighted by atomic mass is 10.4. The van der Waals surface area contributed by atoms with Crippen molar-refractivity contribution in [3.63, 3.8) is 0 Å². The van der Waals surface area contributed by atoms with Crippen molar-refractivity contribution in [2.24, 2.45) is 11.5 Å². The fourth-order valence-corrected chi connectivity index (χ4v) is 2.96. The fraction of sp³-hybridized carbons (Fsp3) is 0.273. The highest BCUT2D eigenvalue weighted by molar-refractivity contribution is 7.99. The Morgan fingerprint density at radius 1 is 1.30 bits per heavy atom. The number of nitrogens with two attached hydrogens (primary N) is 2. The van der Waals surface area contributed by atoms with E-state index in [0.717, 1.165) is 4.88 Å². The largest absolute Gasteiger partial charge is 0.370 e. The summed E-state index contributed by atoms with van der Waals surface area (Å²) in [6, 6.07) is 3.82. The van der Waals surface area contributed by atoms with E-state index < -0.39 is 11.8 Å². The lowest BCUT2D eigenvalue weighted by Crippen LogP contribution is -2.16. The van der Waals surface area contributed by atoms with E-state index in [9.17, 15) is 9.59 Å². The van der Waals surface area contributed by atoms with Gasteiger partial charge in [-0.15, -0.1) is 21.5 Å². The van der Waals surface area contributed by atoms with Crippen molar-refractivity contribution >= 4 is 34.9 Å². The molecule has 0 radical (unpaired) electrons. The zero-order valence-corrected chi connectivity index (χ0v) is 12.1. The molecule has 0 atom stereocenters. The van der Waals surface area contributed by atoms with Crippen LogP contribution in [-0.2, 0) is 16.1 Å². The molecule has 20 heavy (non-hydrogen) atoms. The highest BCUT2D eigenvalue weighted by atomic mass is 32.2. The molecule has 0 aliphatic rings. The molecule has 0 aromatic carbocycles. The zero-order valence-electron chi connectivity index (χ0n) is 10.5. The van der Waals surface area contributed by atoms with Crippen LogP contribution >= 0.6 is 23.1 Å². The summed E-state index contributed by atoms with van der Waals surface area (Å²) in [4.78, 5) is 22.8. The Bertz CT molecular complexity index is 608. The van der Waals surface area contributed by atoms with Gasteiger partial charge in [0.05, 0.1) is 10.6 Å². The van der Waals surface area contributed by atoms with Crippen LogP contribution in [0.15, 0.2) is 22.7 Å². The highest BCUT2D eigenvalue weighted by Crippen LogP contribution is 2.27. The second-order valence-corrected chi connectivity index (χ2v) is 5.80. The summed E-state index contributed by atoms with van der Waals surface area (Å²) in [5, 5.41) is 10.6. The van der Waals surface area contributed by atoms with E-state index in [-0.39, 0.29) is 12.2 Å². The predicted molar refractivity (Wildman–Crippen MR) is 77.1 cm³/mol. The minimum Gasteiger partial charge on any atom is -0.370 e. The van der Waals surface area contributed by atoms with Crippen LogP contribution in [0.25, 0.3) is 10.7 Å². The van der Waals surface area contributed by atoms with E-state index in [1.54, 1.807) is 4.57 Å². The van der Waals surface area contributed by atoms with Crippen molar-refractivity contribution in [2.45, 2.75) is 18.1 Å². The number of aromatic nitrogens is 3. The summed E-state index contributed by atoms with van der Waals surface area (Å²) in [5.41, 5.74) is 10.3. The van der Waals surface area contributed by atoms with Crippen LogP contribution < -0.4 is 11.5 Å². The summed E-state index contributed by atoms with van der Waals surface area (Å²) in [6.45, 7) is 0.372. The van der Waals surface area contributed by atoms with Gasteiger partial charge in [0.25, 0.3) is 0 Å². The third-order valence-corrected chi connectivity index (χ3v) is 4.24. The second-order valence-electron chi connectivity index (χ2n) is 3.91. The second kappa shape index (κ2) is 6.53. The van der Waals surface area contributed by atoms with Gasteiger partial charge < -0.3 is 16.0 Å². The standard InChI is InChI=1S/C11H13N5O2S2/c12-8(17)3-4-16-10(7-2-1-5-19-7)14-15-11(16)20-6-9(13)18/h1-2,5H,3-4,6H2,(H2,12,17)(H2,13,18). The first kappa shape index (κ1) is 14.5. The minimum absolute atomic E-state index is 0.110. The Morgan fingerprint density at radius 2 is 2.10 bits per heavy atom. The van der Waals surface area contributed by atoms with Crippen molar-refractivity contribution in [1.29, 1.82) is 0 Å². The first-order valence-electron chi connectivity index (χ1n) is 5.74. The van der Waals surface area contributed by atoms with Gasteiger partial charge in [-0.2, -0.15) is 0 Å². The van der Waals surface area contributed by atoms with Crippen LogP contribution in [0.2, 0.25) is 0 Å². The number of nitrogens with zero attached hydrogens (tertiary/aromatic N) is 3. The Morgan fingerprint density at radius 3 is 2.70 bits per heavy atom. The number of hydrogen-bond donors (Lipinski definition) is 2. The SMILES string of the molecule is NC(=O)CCn1c(SCC(N)=O)nnc1-c1cccs1. The molecule has 0 fully saturated rings. The molecule has 9 heteroatoms. The summed E-state index contributed by atoms with van der Waals surface area (Å²) >= 11 is 2.71. The van der Waals surface area contributed by atoms with Crippen molar-refractivity contribution in [3.05, 3.63) is 17.5 Å². The maximum Gasteiger partial charge on any atom is 0.227 e. The van der Waals surface area contributed by atoms with Gasteiger partial charge >= 0.3 is 0 Å². The molecule has 2 heterocycles. The van der Waals surface area contributed by atoms with E-state index >= 15 is 0 Å². The van der Waals surface area contributed by atoms with Crippen molar-refractivity contribution in [2.75, 3.05) is 5.75 Å². The van der Waals surface area contributed by atoms with E-state index in [1.165, 1.54) is 23.1 Å². The quantitative estimate of drug-likeness (QED) is 0.720. The summed E-state index contributed by atoms with van der Waals surface area (Å²) in [6.07, 6.45) is 0.181. The van der Waals surface area contributed by atoms with E-state index in [1.807, 2.05) is 17.5 Å². The Kier molecular flexibility index (Phi) is 4.74. The molecule has 2 aromatic heterocycles. The van der Waals surface area contributed by atoms with Crippen LogP contribution in [0.1, 0.15) is 6.42 Å². The van der Waals surface area contributed by atoms with Crippen LogP contribution in [0.5, 0.6) is 0 Å². The van der Waals surface area contributed by atoms with Gasteiger partial charge in [0.2, 0.25) is 11.8 Å². The number of carbonyl (C=O) groups excluding carboxylic acids is 2. The summed E-state index contributed by atoms with van der Waals surface area (Å²) in [5.74, 6) is -0.0638. The topological polar surface area (TPSA) is 117 Å². The molecule has 0 saturated carbocycles. The van der Waals surface area contributed by atoms with Gasteiger partial charge in [-0.1, -0.05) is 17.8 Å². The lowest BCUT2D eigenvalue weighted by molar-refractivity contribution is -0.118. The molecule has 0 aliphatic carbocycles. The third kappa shape index (κ3) is 3.58. The number of hydrogen-bond acceptors (Lipinski definition) is 6. The van der Waals surface area contributed by atoms with E-state index in [4.69, 9.17) is 11.5 Å². The highest BCUT2D eigenvalue weighted by Gasteiger charge is 2.16. The van der Waals surface area contributed by atoms with Gasteiger partial charge in [0.15, 0.2) is 11.0 Å². The van der Waals surface area contributed by atoms with E-state index in [2.05, 4.69) is 10.2 Å². The lowest BCUT2D eigenvalue weighted by Gasteiger charge is -2.07. The molecule has 0 unspecified atom stereocenters. The third-order valence-electron chi connectivity index (χ3n) is 2.38. The number of carbonyl (C=O) groups is 2. The number of rotatable bonds is 7. The molecule has 2 rings (SSSR count). The van der Waals surface area contributed by atoms with Crippen molar-refractivity contribution < 1.29 is 9.59 Å². The monoisotopic (exact) mass is 311 g/mol. The molecular formula is C11H13N5O2S2. The average molecular weight is 311 g/mol. The average Bonchev–Trinajstić information content (AvgIpc) is 3.02. The van der Waals surface area contributed by atoms with Gasteiger partial charge in [-0.05, 0) is 11.4 Å². The van der Waals surface area contributed by atoms with Gasteiger partial charge in [-0.3, -0.25) is 9.59 Å².